The summed E-state index contributed by atoms with van der Waals surface area (Å²) in [7, 11) is 0. The van der Waals surface area contributed by atoms with E-state index in [0.29, 0.717) is 11.6 Å². The van der Waals surface area contributed by atoms with E-state index in [0.717, 1.165) is 6.42 Å². The lowest BCUT2D eigenvalue weighted by atomic mass is 10.3. The van der Waals surface area contributed by atoms with Gasteiger partial charge >= 0.3 is 0 Å². The van der Waals surface area contributed by atoms with Gasteiger partial charge in [-0.2, -0.15) is 0 Å². The second-order valence-electron chi connectivity index (χ2n) is 2.15. The van der Waals surface area contributed by atoms with Gasteiger partial charge in [-0.25, -0.2) is 4.99 Å². The largest absolute Gasteiger partial charge is 0.300 e. The molecule has 0 saturated carbocycles. The first kappa shape index (κ1) is 10.4. The Morgan fingerprint density at radius 2 is 2.27 bits per heavy atom. The number of carbonyl (C=O) groups is 1. The van der Waals surface area contributed by atoms with E-state index in [1.807, 2.05) is 6.92 Å². The molecule has 0 unspecified atom stereocenters. The summed E-state index contributed by atoms with van der Waals surface area (Å²) in [5.41, 5.74) is 0. The number of allylic oxidation sites excluding steroid dienone is 1. The number of Topliss-reactive ketones (excluding diaryl/α,β-unsaturated/α-hetero) is 1. The highest BCUT2D eigenvalue weighted by molar-refractivity contribution is 6.29. The summed E-state index contributed by atoms with van der Waals surface area (Å²) in [6.07, 6.45) is 4.53. The third-order valence-corrected chi connectivity index (χ3v) is 1.22. The van der Waals surface area contributed by atoms with E-state index in [1.54, 1.807) is 6.08 Å². The lowest BCUT2D eigenvalue weighted by Gasteiger charge is -1.86. The molecule has 0 aromatic heterocycles. The molecule has 2 nitrogen and oxygen atoms in total. The molecule has 62 valence electrons. The predicted molar refractivity (Wildman–Crippen MR) is 48.0 cm³/mol. The Bertz CT molecular complexity index is 185. The number of halogens is 1. The minimum absolute atomic E-state index is 0.0923. The molecular formula is C8H12ClNO. The van der Waals surface area contributed by atoms with Gasteiger partial charge in [-0.1, -0.05) is 18.5 Å². The molecule has 0 bridgehead atoms. The zero-order valence-corrected chi connectivity index (χ0v) is 7.56. The maximum absolute atomic E-state index is 10.4. The van der Waals surface area contributed by atoms with Crippen LogP contribution in [0.2, 0.25) is 0 Å². The van der Waals surface area contributed by atoms with Gasteiger partial charge in [0.2, 0.25) is 0 Å². The van der Waals surface area contributed by atoms with E-state index in [-0.39, 0.29) is 5.78 Å². The number of carbonyl (C=O) groups excluding carboxylic acids is 1. The Labute approximate surface area is 72.0 Å². The van der Waals surface area contributed by atoms with Crippen molar-refractivity contribution in [3.05, 3.63) is 11.2 Å². The first-order valence-electron chi connectivity index (χ1n) is 3.54. The van der Waals surface area contributed by atoms with E-state index >= 15 is 0 Å². The highest BCUT2D eigenvalue weighted by atomic mass is 35.5. The molecule has 0 aromatic carbocycles. The van der Waals surface area contributed by atoms with Gasteiger partial charge < -0.3 is 0 Å². The third kappa shape index (κ3) is 7.26. The number of hydrogen-bond donors (Lipinski definition) is 0. The molecule has 0 radical (unpaired) electrons. The standard InChI is InChI=1S/C8H12ClNO/c1-3-4-8(9)10-6-5-7(2)11/h4,6H,3,5H2,1-2H3/b8-4-,10-6?. The van der Waals surface area contributed by atoms with Crippen molar-refractivity contribution in [3.63, 3.8) is 0 Å². The van der Waals surface area contributed by atoms with Gasteiger partial charge in [0.05, 0.1) is 0 Å². The molecule has 0 aliphatic carbocycles. The Balaban J connectivity index is 3.74. The summed E-state index contributed by atoms with van der Waals surface area (Å²) in [6.45, 7) is 3.49. The normalized spacial score (nSPS) is 12.5. The fraction of sp³-hybridized carbons (Fsp3) is 0.500. The zero-order valence-electron chi connectivity index (χ0n) is 6.80. The van der Waals surface area contributed by atoms with E-state index in [4.69, 9.17) is 11.6 Å². The van der Waals surface area contributed by atoms with Gasteiger partial charge in [-0.15, -0.1) is 0 Å². The quantitative estimate of drug-likeness (QED) is 0.475. The van der Waals surface area contributed by atoms with Crippen LogP contribution in [0.15, 0.2) is 16.2 Å². The molecule has 0 aliphatic heterocycles. The first-order chi connectivity index (χ1) is 5.16. The first-order valence-corrected chi connectivity index (χ1v) is 3.92. The molecule has 0 rings (SSSR count). The Morgan fingerprint density at radius 3 is 2.73 bits per heavy atom. The molecule has 0 aliphatic rings. The van der Waals surface area contributed by atoms with Crippen LogP contribution >= 0.6 is 11.6 Å². The summed E-state index contributed by atoms with van der Waals surface area (Å²) in [5.74, 6) is 0.0923. The van der Waals surface area contributed by atoms with Gasteiger partial charge in [0.1, 0.15) is 10.9 Å². The van der Waals surface area contributed by atoms with Crippen molar-refractivity contribution in [1.82, 2.24) is 0 Å². The lowest BCUT2D eigenvalue weighted by molar-refractivity contribution is -0.115. The monoisotopic (exact) mass is 173 g/mol. The summed E-state index contributed by atoms with van der Waals surface area (Å²) < 4.78 is 0. The molecule has 3 heteroatoms. The molecule has 0 heterocycles. The van der Waals surface area contributed by atoms with Crippen LogP contribution in [0.5, 0.6) is 0 Å². The molecule has 0 amide bonds. The second-order valence-corrected chi connectivity index (χ2v) is 2.54. The molecule has 11 heavy (non-hydrogen) atoms. The van der Waals surface area contributed by atoms with E-state index < -0.39 is 0 Å². The SMILES string of the molecule is CC/C=C(/Cl)N=CCC(C)=O. The molecule has 0 atom stereocenters. The maximum Gasteiger partial charge on any atom is 0.135 e. The van der Waals surface area contributed by atoms with Gasteiger partial charge in [0.25, 0.3) is 0 Å². The summed E-state index contributed by atoms with van der Waals surface area (Å²) in [6, 6.07) is 0. The summed E-state index contributed by atoms with van der Waals surface area (Å²) in [4.78, 5) is 14.3. The number of aliphatic imine (C=N–C) groups is 1. The molecule has 0 aromatic rings. The highest BCUT2D eigenvalue weighted by Gasteiger charge is 1.87. The van der Waals surface area contributed by atoms with Crippen molar-refractivity contribution in [1.29, 1.82) is 0 Å². The van der Waals surface area contributed by atoms with Crippen LogP contribution in [-0.2, 0) is 4.79 Å². The Hall–Kier alpha value is -0.630. The van der Waals surface area contributed by atoms with Crippen molar-refractivity contribution in [2.75, 3.05) is 0 Å². The van der Waals surface area contributed by atoms with Crippen molar-refractivity contribution in [2.45, 2.75) is 26.7 Å². The average Bonchev–Trinajstić information content (AvgIpc) is 1.87. The topological polar surface area (TPSA) is 29.4 Å². The fourth-order valence-corrected chi connectivity index (χ4v) is 0.706. The molecule has 0 N–H and O–H groups in total. The molecular weight excluding hydrogens is 162 g/mol. The molecule has 0 fully saturated rings. The lowest BCUT2D eigenvalue weighted by Crippen LogP contribution is -1.88. The number of ketones is 1. The number of hydrogen-bond acceptors (Lipinski definition) is 2. The fourth-order valence-electron chi connectivity index (χ4n) is 0.483. The minimum atomic E-state index is 0.0923. The average molecular weight is 174 g/mol. The third-order valence-electron chi connectivity index (χ3n) is 0.966. The van der Waals surface area contributed by atoms with Crippen molar-refractivity contribution in [3.8, 4) is 0 Å². The van der Waals surface area contributed by atoms with Crippen LogP contribution in [0.3, 0.4) is 0 Å². The van der Waals surface area contributed by atoms with E-state index in [2.05, 4.69) is 4.99 Å². The van der Waals surface area contributed by atoms with E-state index in [1.165, 1.54) is 13.1 Å². The van der Waals surface area contributed by atoms with Crippen LogP contribution in [0.1, 0.15) is 26.7 Å². The van der Waals surface area contributed by atoms with Crippen molar-refractivity contribution in [2.24, 2.45) is 4.99 Å². The summed E-state index contributed by atoms with van der Waals surface area (Å²) >= 11 is 5.62. The zero-order chi connectivity index (χ0) is 8.69. The van der Waals surface area contributed by atoms with Crippen LogP contribution in [-0.4, -0.2) is 12.0 Å². The van der Waals surface area contributed by atoms with E-state index in [9.17, 15) is 4.79 Å². The second kappa shape index (κ2) is 6.10. The number of rotatable bonds is 4. The van der Waals surface area contributed by atoms with Crippen LogP contribution in [0.25, 0.3) is 0 Å². The van der Waals surface area contributed by atoms with Gasteiger partial charge in [0, 0.05) is 12.6 Å². The highest BCUT2D eigenvalue weighted by Crippen LogP contribution is 2.02. The summed E-state index contributed by atoms with van der Waals surface area (Å²) in [5, 5.41) is 0.453. The maximum atomic E-state index is 10.4. The number of nitrogens with zero attached hydrogens (tertiary/aromatic N) is 1. The van der Waals surface area contributed by atoms with Crippen LogP contribution < -0.4 is 0 Å². The van der Waals surface area contributed by atoms with Crippen LogP contribution in [0, 0.1) is 0 Å². The van der Waals surface area contributed by atoms with Crippen molar-refractivity contribution < 1.29 is 4.79 Å². The van der Waals surface area contributed by atoms with Crippen LogP contribution in [0.4, 0.5) is 0 Å². The Morgan fingerprint density at radius 1 is 1.64 bits per heavy atom. The van der Waals surface area contributed by atoms with Gasteiger partial charge in [-0.05, 0) is 19.4 Å². The minimum Gasteiger partial charge on any atom is -0.300 e. The van der Waals surface area contributed by atoms with Crippen molar-refractivity contribution >= 4 is 23.6 Å². The predicted octanol–water partition coefficient (Wildman–Crippen LogP) is 2.53. The van der Waals surface area contributed by atoms with Gasteiger partial charge in [0.15, 0.2) is 0 Å². The molecule has 0 spiro atoms. The molecule has 0 saturated heterocycles. The van der Waals surface area contributed by atoms with Gasteiger partial charge in [-0.3, -0.25) is 4.79 Å². The Kier molecular flexibility index (Phi) is 5.75. The smallest absolute Gasteiger partial charge is 0.135 e.